The highest BCUT2D eigenvalue weighted by Crippen LogP contribution is 2.08. The molecule has 0 atom stereocenters. The second-order valence-electron chi connectivity index (χ2n) is 5.63. The van der Waals surface area contributed by atoms with Gasteiger partial charge in [-0.15, -0.1) is 0 Å². The van der Waals surface area contributed by atoms with Gasteiger partial charge in [0.2, 0.25) is 5.91 Å². The summed E-state index contributed by atoms with van der Waals surface area (Å²) in [6.07, 6.45) is 5.15. The number of carbonyl (C=O) groups excluding carboxylic acids is 1. The van der Waals surface area contributed by atoms with Gasteiger partial charge in [0.1, 0.15) is 0 Å². The van der Waals surface area contributed by atoms with Crippen LogP contribution in [0.4, 0.5) is 0 Å². The number of nitrogens with zero attached hydrogens (tertiary/aromatic N) is 2. The van der Waals surface area contributed by atoms with Gasteiger partial charge in [-0.1, -0.05) is 6.42 Å². The Balaban J connectivity index is 1.48. The number of likely N-dealkylation sites (tertiary alicyclic amines) is 1. The molecule has 0 aromatic heterocycles. The van der Waals surface area contributed by atoms with Crippen molar-refractivity contribution < 1.29 is 4.79 Å². The van der Waals surface area contributed by atoms with Crippen molar-refractivity contribution in [3.8, 4) is 0 Å². The zero-order chi connectivity index (χ0) is 13.3. The van der Waals surface area contributed by atoms with E-state index in [2.05, 4.69) is 20.4 Å². The highest BCUT2D eigenvalue weighted by Gasteiger charge is 2.13. The first kappa shape index (κ1) is 14.8. The summed E-state index contributed by atoms with van der Waals surface area (Å²) in [4.78, 5) is 16.5. The van der Waals surface area contributed by atoms with Crippen molar-refractivity contribution in [1.82, 2.24) is 20.4 Å². The average molecular weight is 268 g/mol. The lowest BCUT2D eigenvalue weighted by molar-refractivity contribution is -0.122. The highest BCUT2D eigenvalue weighted by molar-refractivity contribution is 5.77. The summed E-state index contributed by atoms with van der Waals surface area (Å²) in [6.45, 7) is 8.98. The monoisotopic (exact) mass is 268 g/mol. The number of nitrogens with one attached hydrogen (secondary N) is 2. The smallest absolute Gasteiger partial charge is 0.234 e. The number of piperazine rings is 1. The fourth-order valence-corrected chi connectivity index (χ4v) is 2.84. The van der Waals surface area contributed by atoms with E-state index in [1.54, 1.807) is 0 Å². The molecule has 1 amide bonds. The standard InChI is InChI=1S/C14H28N4O/c19-14(13-18-11-6-15-7-12-18)16-5-4-10-17-8-2-1-3-9-17/h15H,1-13H2,(H,16,19). The Kier molecular flexibility index (Phi) is 6.61. The maximum atomic E-state index is 11.8. The minimum atomic E-state index is 0.181. The van der Waals surface area contributed by atoms with Crippen molar-refractivity contribution in [3.05, 3.63) is 0 Å². The largest absolute Gasteiger partial charge is 0.355 e. The Morgan fingerprint density at radius 1 is 1.00 bits per heavy atom. The number of hydrogen-bond acceptors (Lipinski definition) is 4. The Morgan fingerprint density at radius 2 is 1.74 bits per heavy atom. The van der Waals surface area contributed by atoms with Crippen molar-refractivity contribution in [2.24, 2.45) is 0 Å². The molecule has 5 heteroatoms. The molecule has 5 nitrogen and oxygen atoms in total. The van der Waals surface area contributed by atoms with E-state index in [0.717, 1.165) is 45.7 Å². The maximum Gasteiger partial charge on any atom is 0.234 e. The van der Waals surface area contributed by atoms with Crippen molar-refractivity contribution in [2.75, 3.05) is 58.9 Å². The van der Waals surface area contributed by atoms with Crippen LogP contribution >= 0.6 is 0 Å². The van der Waals surface area contributed by atoms with Crippen LogP contribution in [0.3, 0.4) is 0 Å². The lowest BCUT2D eigenvalue weighted by Gasteiger charge is -2.27. The summed E-state index contributed by atoms with van der Waals surface area (Å²) in [6, 6.07) is 0. The van der Waals surface area contributed by atoms with Crippen LogP contribution in [-0.4, -0.2) is 74.6 Å². The molecular weight excluding hydrogens is 240 g/mol. The van der Waals surface area contributed by atoms with Gasteiger partial charge < -0.3 is 15.5 Å². The van der Waals surface area contributed by atoms with E-state index in [1.807, 2.05) is 0 Å². The lowest BCUT2D eigenvalue weighted by atomic mass is 10.1. The molecule has 0 aliphatic carbocycles. The van der Waals surface area contributed by atoms with E-state index in [-0.39, 0.29) is 5.91 Å². The second-order valence-corrected chi connectivity index (χ2v) is 5.63. The summed E-state index contributed by atoms with van der Waals surface area (Å²) in [7, 11) is 0. The molecule has 0 bridgehead atoms. The van der Waals surface area contributed by atoms with E-state index >= 15 is 0 Å². The molecule has 19 heavy (non-hydrogen) atoms. The van der Waals surface area contributed by atoms with Gasteiger partial charge in [-0.05, 0) is 38.9 Å². The van der Waals surface area contributed by atoms with Gasteiger partial charge in [-0.2, -0.15) is 0 Å². The number of rotatable bonds is 6. The normalized spacial score (nSPS) is 22.3. The van der Waals surface area contributed by atoms with Crippen LogP contribution in [-0.2, 0) is 4.79 Å². The van der Waals surface area contributed by atoms with Crippen LogP contribution in [0.15, 0.2) is 0 Å². The topological polar surface area (TPSA) is 47.6 Å². The van der Waals surface area contributed by atoms with Crippen molar-refractivity contribution in [3.63, 3.8) is 0 Å². The van der Waals surface area contributed by atoms with Gasteiger partial charge >= 0.3 is 0 Å². The molecule has 0 saturated carbocycles. The van der Waals surface area contributed by atoms with Crippen LogP contribution in [0.25, 0.3) is 0 Å². The molecule has 0 spiro atoms. The van der Waals surface area contributed by atoms with Crippen LogP contribution < -0.4 is 10.6 Å². The summed E-state index contributed by atoms with van der Waals surface area (Å²) in [5.41, 5.74) is 0. The first-order chi connectivity index (χ1) is 9.34. The van der Waals surface area contributed by atoms with Crippen LogP contribution in [0.1, 0.15) is 25.7 Å². The molecule has 2 N–H and O–H groups in total. The molecule has 2 rings (SSSR count). The molecule has 0 unspecified atom stereocenters. The third-order valence-electron chi connectivity index (χ3n) is 4.00. The molecule has 2 saturated heterocycles. The summed E-state index contributed by atoms with van der Waals surface area (Å²) in [5.74, 6) is 0.181. The van der Waals surface area contributed by atoms with Gasteiger partial charge in [0.05, 0.1) is 6.54 Å². The van der Waals surface area contributed by atoms with Gasteiger partial charge in [-0.3, -0.25) is 9.69 Å². The first-order valence-corrected chi connectivity index (χ1v) is 7.77. The third kappa shape index (κ3) is 5.89. The van der Waals surface area contributed by atoms with Crippen molar-refractivity contribution in [2.45, 2.75) is 25.7 Å². The van der Waals surface area contributed by atoms with Crippen LogP contribution in [0, 0.1) is 0 Å². The zero-order valence-electron chi connectivity index (χ0n) is 12.0. The zero-order valence-corrected chi connectivity index (χ0v) is 12.0. The molecule has 0 radical (unpaired) electrons. The summed E-state index contributed by atoms with van der Waals surface area (Å²) < 4.78 is 0. The summed E-state index contributed by atoms with van der Waals surface area (Å²) in [5, 5.41) is 6.34. The van der Waals surface area contributed by atoms with Crippen molar-refractivity contribution >= 4 is 5.91 Å². The molecule has 2 aliphatic heterocycles. The van der Waals surface area contributed by atoms with Crippen LogP contribution in [0.5, 0.6) is 0 Å². The van der Waals surface area contributed by atoms with Crippen molar-refractivity contribution in [1.29, 1.82) is 0 Å². The molecule has 0 aromatic rings. The molecule has 0 aromatic carbocycles. The third-order valence-corrected chi connectivity index (χ3v) is 4.00. The fraction of sp³-hybridized carbons (Fsp3) is 0.929. The predicted octanol–water partition coefficient (Wildman–Crippen LogP) is -0.116. The van der Waals surface area contributed by atoms with Gasteiger partial charge in [0.15, 0.2) is 0 Å². The lowest BCUT2D eigenvalue weighted by Crippen LogP contribution is -2.47. The predicted molar refractivity (Wildman–Crippen MR) is 77.2 cm³/mol. The maximum absolute atomic E-state index is 11.8. The molecule has 2 fully saturated rings. The van der Waals surface area contributed by atoms with Gasteiger partial charge in [-0.25, -0.2) is 0 Å². The summed E-state index contributed by atoms with van der Waals surface area (Å²) >= 11 is 0. The average Bonchev–Trinajstić information content (AvgIpc) is 2.46. The van der Waals surface area contributed by atoms with E-state index in [1.165, 1.54) is 32.4 Å². The SMILES string of the molecule is O=C(CN1CCNCC1)NCCCN1CCCCC1. The van der Waals surface area contributed by atoms with Gasteiger partial charge in [0, 0.05) is 32.7 Å². The Bertz CT molecular complexity index is 260. The number of amides is 1. The first-order valence-electron chi connectivity index (χ1n) is 7.77. The quantitative estimate of drug-likeness (QED) is 0.660. The molecule has 110 valence electrons. The molecule has 2 aliphatic rings. The van der Waals surface area contributed by atoms with E-state index in [4.69, 9.17) is 0 Å². The minimum Gasteiger partial charge on any atom is -0.355 e. The van der Waals surface area contributed by atoms with E-state index in [0.29, 0.717) is 6.54 Å². The molecular formula is C14H28N4O. The fourth-order valence-electron chi connectivity index (χ4n) is 2.84. The minimum absolute atomic E-state index is 0.181. The molecule has 2 heterocycles. The van der Waals surface area contributed by atoms with E-state index < -0.39 is 0 Å². The Hall–Kier alpha value is -0.650. The van der Waals surface area contributed by atoms with E-state index in [9.17, 15) is 4.79 Å². The second kappa shape index (κ2) is 8.51. The van der Waals surface area contributed by atoms with Crippen LogP contribution in [0.2, 0.25) is 0 Å². The number of carbonyl (C=O) groups is 1. The Labute approximate surface area is 116 Å². The van der Waals surface area contributed by atoms with Gasteiger partial charge in [0.25, 0.3) is 0 Å². The number of hydrogen-bond donors (Lipinski definition) is 2. The highest BCUT2D eigenvalue weighted by atomic mass is 16.2. The Morgan fingerprint density at radius 3 is 2.47 bits per heavy atom. The number of piperidine rings is 1.